The van der Waals surface area contributed by atoms with Gasteiger partial charge in [-0.15, -0.1) is 0 Å². The summed E-state index contributed by atoms with van der Waals surface area (Å²) in [5, 5.41) is 2.51. The zero-order chi connectivity index (χ0) is 8.97. The van der Waals surface area contributed by atoms with Gasteiger partial charge in [0.05, 0.1) is 13.2 Å². The molecular formula is C8H13NO3. The molecule has 12 heavy (non-hydrogen) atoms. The Balaban J connectivity index is 2.39. The van der Waals surface area contributed by atoms with E-state index in [9.17, 15) is 9.59 Å². The normalized spacial score (nSPS) is 23.4. The van der Waals surface area contributed by atoms with Crippen molar-refractivity contribution in [1.29, 1.82) is 0 Å². The molecule has 0 aliphatic heterocycles. The van der Waals surface area contributed by atoms with Gasteiger partial charge in [-0.1, -0.05) is 6.42 Å². The number of rotatable bonds is 1. The van der Waals surface area contributed by atoms with Crippen LogP contribution in [0.1, 0.15) is 25.7 Å². The Labute approximate surface area is 71.3 Å². The minimum atomic E-state index is -0.518. The lowest BCUT2D eigenvalue weighted by Crippen LogP contribution is -2.42. The minimum absolute atomic E-state index is 0.117. The summed E-state index contributed by atoms with van der Waals surface area (Å²) >= 11 is 0. The summed E-state index contributed by atoms with van der Waals surface area (Å²) in [6, 6.07) is -0.314. The highest BCUT2D eigenvalue weighted by molar-refractivity contribution is 5.87. The molecule has 1 N–H and O–H groups in total. The Morgan fingerprint density at radius 2 is 2.33 bits per heavy atom. The number of carbonyl (C=O) groups excluding carboxylic acids is 2. The number of methoxy groups -OCH3 is 1. The predicted molar refractivity (Wildman–Crippen MR) is 42.8 cm³/mol. The van der Waals surface area contributed by atoms with Crippen LogP contribution in [0, 0.1) is 0 Å². The van der Waals surface area contributed by atoms with Crippen molar-refractivity contribution in [3.8, 4) is 0 Å². The molecule has 1 aliphatic rings. The fourth-order valence-corrected chi connectivity index (χ4v) is 1.34. The molecule has 4 heteroatoms. The van der Waals surface area contributed by atoms with E-state index in [4.69, 9.17) is 0 Å². The number of nitrogens with one attached hydrogen (secondary N) is 1. The van der Waals surface area contributed by atoms with Gasteiger partial charge in [0.15, 0.2) is 5.78 Å². The van der Waals surface area contributed by atoms with E-state index in [1.165, 1.54) is 7.11 Å². The maximum Gasteiger partial charge on any atom is 0.407 e. The number of hydrogen-bond donors (Lipinski definition) is 1. The van der Waals surface area contributed by atoms with Gasteiger partial charge >= 0.3 is 6.09 Å². The first kappa shape index (κ1) is 9.03. The summed E-state index contributed by atoms with van der Waals surface area (Å²) < 4.78 is 4.40. The average molecular weight is 171 g/mol. The SMILES string of the molecule is COC(=O)NC1CCCCC1=O. The third kappa shape index (κ3) is 2.22. The van der Waals surface area contributed by atoms with Crippen LogP contribution >= 0.6 is 0 Å². The first-order valence-corrected chi connectivity index (χ1v) is 4.11. The zero-order valence-corrected chi connectivity index (χ0v) is 7.13. The molecule has 1 rings (SSSR count). The molecule has 1 unspecified atom stereocenters. The van der Waals surface area contributed by atoms with Crippen LogP contribution in [0.15, 0.2) is 0 Å². The van der Waals surface area contributed by atoms with E-state index in [0.717, 1.165) is 19.3 Å². The Hall–Kier alpha value is -1.06. The van der Waals surface area contributed by atoms with Gasteiger partial charge in [-0.2, -0.15) is 0 Å². The van der Waals surface area contributed by atoms with Gasteiger partial charge in [0.25, 0.3) is 0 Å². The number of amides is 1. The highest BCUT2D eigenvalue weighted by Crippen LogP contribution is 2.14. The van der Waals surface area contributed by atoms with Crippen molar-refractivity contribution in [2.24, 2.45) is 0 Å². The summed E-state index contributed by atoms with van der Waals surface area (Å²) in [6.45, 7) is 0. The number of ether oxygens (including phenoxy) is 1. The predicted octanol–water partition coefficient (Wildman–Crippen LogP) is 0.854. The fraction of sp³-hybridized carbons (Fsp3) is 0.750. The molecule has 0 heterocycles. The monoisotopic (exact) mass is 171 g/mol. The van der Waals surface area contributed by atoms with Crippen LogP contribution in [0.3, 0.4) is 0 Å². The van der Waals surface area contributed by atoms with Crippen LogP contribution < -0.4 is 5.32 Å². The van der Waals surface area contributed by atoms with Crippen molar-refractivity contribution in [3.05, 3.63) is 0 Å². The van der Waals surface area contributed by atoms with E-state index < -0.39 is 6.09 Å². The van der Waals surface area contributed by atoms with Gasteiger partial charge < -0.3 is 10.1 Å². The number of Topliss-reactive ketones (excluding diaryl/α,β-unsaturated/α-hetero) is 1. The Kier molecular flexibility index (Phi) is 3.08. The summed E-state index contributed by atoms with van der Waals surface area (Å²) in [5.74, 6) is 0.117. The molecule has 0 aromatic rings. The van der Waals surface area contributed by atoms with Gasteiger partial charge in [0, 0.05) is 6.42 Å². The highest BCUT2D eigenvalue weighted by Gasteiger charge is 2.23. The van der Waals surface area contributed by atoms with Crippen molar-refractivity contribution in [2.45, 2.75) is 31.7 Å². The molecule has 1 fully saturated rings. The van der Waals surface area contributed by atoms with Crippen LogP contribution in [-0.2, 0) is 9.53 Å². The molecule has 1 amide bonds. The standard InChI is InChI=1S/C8H13NO3/c1-12-8(11)9-6-4-2-3-5-7(6)10/h6H,2-5H2,1H3,(H,9,11). The van der Waals surface area contributed by atoms with Gasteiger partial charge in [-0.25, -0.2) is 4.79 Å². The third-order valence-corrected chi connectivity index (χ3v) is 2.03. The number of ketones is 1. The smallest absolute Gasteiger partial charge is 0.407 e. The largest absolute Gasteiger partial charge is 0.453 e. The molecular weight excluding hydrogens is 158 g/mol. The van der Waals surface area contributed by atoms with Crippen molar-refractivity contribution >= 4 is 11.9 Å². The Bertz CT molecular complexity index is 191. The third-order valence-electron chi connectivity index (χ3n) is 2.03. The van der Waals surface area contributed by atoms with Crippen molar-refractivity contribution in [1.82, 2.24) is 5.32 Å². The van der Waals surface area contributed by atoms with E-state index in [-0.39, 0.29) is 11.8 Å². The summed E-state index contributed by atoms with van der Waals surface area (Å²) in [5.41, 5.74) is 0. The molecule has 0 bridgehead atoms. The lowest BCUT2D eigenvalue weighted by Gasteiger charge is -2.20. The maximum absolute atomic E-state index is 11.2. The number of alkyl carbamates (subject to hydrolysis) is 1. The molecule has 68 valence electrons. The lowest BCUT2D eigenvalue weighted by atomic mass is 9.94. The molecule has 0 spiro atoms. The van der Waals surface area contributed by atoms with Crippen LogP contribution in [-0.4, -0.2) is 25.0 Å². The quantitative estimate of drug-likeness (QED) is 0.636. The Morgan fingerprint density at radius 1 is 1.58 bits per heavy atom. The van der Waals surface area contributed by atoms with Crippen LogP contribution in [0.2, 0.25) is 0 Å². The molecule has 1 aliphatic carbocycles. The van der Waals surface area contributed by atoms with Gasteiger partial charge in [0.1, 0.15) is 0 Å². The molecule has 4 nitrogen and oxygen atoms in total. The van der Waals surface area contributed by atoms with Crippen LogP contribution in [0.5, 0.6) is 0 Å². The van der Waals surface area contributed by atoms with Crippen LogP contribution in [0.25, 0.3) is 0 Å². The van der Waals surface area contributed by atoms with Crippen molar-refractivity contribution < 1.29 is 14.3 Å². The Morgan fingerprint density at radius 3 is 2.92 bits per heavy atom. The molecule has 1 saturated carbocycles. The maximum atomic E-state index is 11.2. The van der Waals surface area contributed by atoms with Crippen molar-refractivity contribution in [2.75, 3.05) is 7.11 Å². The van der Waals surface area contributed by atoms with E-state index in [2.05, 4.69) is 10.1 Å². The first-order chi connectivity index (χ1) is 5.74. The minimum Gasteiger partial charge on any atom is -0.453 e. The summed E-state index contributed by atoms with van der Waals surface area (Å²) in [4.78, 5) is 21.9. The first-order valence-electron chi connectivity index (χ1n) is 4.11. The zero-order valence-electron chi connectivity index (χ0n) is 7.13. The molecule has 0 aromatic carbocycles. The van der Waals surface area contributed by atoms with Gasteiger partial charge in [-0.05, 0) is 12.8 Å². The van der Waals surface area contributed by atoms with Crippen LogP contribution in [0.4, 0.5) is 4.79 Å². The van der Waals surface area contributed by atoms with Gasteiger partial charge in [-0.3, -0.25) is 4.79 Å². The van der Waals surface area contributed by atoms with Crippen molar-refractivity contribution in [3.63, 3.8) is 0 Å². The fourth-order valence-electron chi connectivity index (χ4n) is 1.34. The average Bonchev–Trinajstić information content (AvgIpc) is 2.09. The van der Waals surface area contributed by atoms with E-state index >= 15 is 0 Å². The second-order valence-electron chi connectivity index (χ2n) is 2.90. The van der Waals surface area contributed by atoms with E-state index in [0.29, 0.717) is 6.42 Å². The second kappa shape index (κ2) is 4.09. The van der Waals surface area contributed by atoms with Gasteiger partial charge in [0.2, 0.25) is 0 Å². The summed E-state index contributed by atoms with van der Waals surface area (Å²) in [6.07, 6.45) is 2.75. The van der Waals surface area contributed by atoms with E-state index in [1.54, 1.807) is 0 Å². The molecule has 0 aromatic heterocycles. The second-order valence-corrected chi connectivity index (χ2v) is 2.90. The highest BCUT2D eigenvalue weighted by atomic mass is 16.5. The molecule has 1 atom stereocenters. The summed E-state index contributed by atoms with van der Waals surface area (Å²) in [7, 11) is 1.29. The molecule has 0 saturated heterocycles. The number of carbonyl (C=O) groups is 2. The molecule has 0 radical (unpaired) electrons. The lowest BCUT2D eigenvalue weighted by molar-refractivity contribution is -0.122. The number of hydrogen-bond acceptors (Lipinski definition) is 3. The van der Waals surface area contributed by atoms with E-state index in [1.807, 2.05) is 0 Å². The topological polar surface area (TPSA) is 55.4 Å².